The molecule has 1 fully saturated rings. The van der Waals surface area contributed by atoms with E-state index in [0.29, 0.717) is 18.1 Å². The fraction of sp³-hybridized carbons (Fsp3) is 0.370. The van der Waals surface area contributed by atoms with Gasteiger partial charge in [0.2, 0.25) is 0 Å². The van der Waals surface area contributed by atoms with Crippen LogP contribution in [0.3, 0.4) is 0 Å². The molecule has 184 valence electrons. The largest absolute Gasteiger partial charge is 0.482 e. The molecule has 35 heavy (non-hydrogen) atoms. The van der Waals surface area contributed by atoms with Crippen LogP contribution >= 0.6 is 0 Å². The predicted molar refractivity (Wildman–Crippen MR) is 133 cm³/mol. The number of ether oxygens (including phenoxy) is 2. The van der Waals surface area contributed by atoms with E-state index in [1.165, 1.54) is 10.1 Å². The molecular formula is C27H32N4O4. The van der Waals surface area contributed by atoms with Crippen molar-refractivity contribution in [3.8, 4) is 17.0 Å². The van der Waals surface area contributed by atoms with Gasteiger partial charge in [0.05, 0.1) is 12.3 Å². The summed E-state index contributed by atoms with van der Waals surface area (Å²) in [6, 6.07) is 17.9. The highest BCUT2D eigenvalue weighted by Gasteiger charge is 2.26. The minimum Gasteiger partial charge on any atom is -0.482 e. The molecule has 3 aromatic rings. The minimum absolute atomic E-state index is 0.0972. The topological polar surface area (TPSA) is 76.9 Å². The van der Waals surface area contributed by atoms with E-state index in [1.807, 2.05) is 30.1 Å². The maximum atomic E-state index is 13.1. The molecule has 0 saturated carbocycles. The van der Waals surface area contributed by atoms with Crippen LogP contribution in [0.1, 0.15) is 25.3 Å². The summed E-state index contributed by atoms with van der Waals surface area (Å²) in [6.45, 7) is 4.78. The molecule has 0 N–H and O–H groups in total. The summed E-state index contributed by atoms with van der Waals surface area (Å²) in [5.41, 5.74) is 2.78. The minimum atomic E-state index is -0.415. The van der Waals surface area contributed by atoms with E-state index in [0.717, 1.165) is 38.0 Å². The Morgan fingerprint density at radius 2 is 1.86 bits per heavy atom. The van der Waals surface area contributed by atoms with Crippen LogP contribution in [0.5, 0.6) is 5.75 Å². The second kappa shape index (κ2) is 11.7. The van der Waals surface area contributed by atoms with Crippen molar-refractivity contribution in [2.45, 2.75) is 32.4 Å². The van der Waals surface area contributed by atoms with Crippen LogP contribution in [-0.2, 0) is 16.1 Å². The van der Waals surface area contributed by atoms with Crippen LogP contribution < -0.4 is 4.74 Å². The number of likely N-dealkylation sites (tertiary alicyclic amines) is 1. The van der Waals surface area contributed by atoms with Gasteiger partial charge < -0.3 is 14.4 Å². The zero-order chi connectivity index (χ0) is 24.6. The van der Waals surface area contributed by atoms with E-state index in [2.05, 4.69) is 34.1 Å². The lowest BCUT2D eigenvalue weighted by Crippen LogP contribution is -2.46. The molecule has 0 atom stereocenters. The molecule has 1 aliphatic heterocycles. The first-order valence-corrected chi connectivity index (χ1v) is 12.0. The summed E-state index contributed by atoms with van der Waals surface area (Å²) in [7, 11) is 1.86. The Morgan fingerprint density at radius 3 is 2.60 bits per heavy atom. The number of nitrogens with zero attached hydrogens (tertiary/aromatic N) is 4. The zero-order valence-electron chi connectivity index (χ0n) is 20.3. The second-order valence-corrected chi connectivity index (χ2v) is 8.67. The number of hydrogen-bond acceptors (Lipinski definition) is 6. The number of carbonyl (C=O) groups is 2. The van der Waals surface area contributed by atoms with Gasteiger partial charge in [0.15, 0.2) is 6.61 Å². The lowest BCUT2D eigenvalue weighted by molar-refractivity contribution is -0.145. The van der Waals surface area contributed by atoms with Gasteiger partial charge in [0, 0.05) is 44.5 Å². The third-order valence-corrected chi connectivity index (χ3v) is 6.25. The SMILES string of the molecule is CCOC(=O)COc1cccc(-c2cn(C(=O)N(C)C3CCN(Cc4ccccc4)CC3)cn2)c1. The third-order valence-electron chi connectivity index (χ3n) is 6.25. The average Bonchev–Trinajstić information content (AvgIpc) is 3.39. The van der Waals surface area contributed by atoms with Gasteiger partial charge in [-0.15, -0.1) is 0 Å². The Bertz CT molecular complexity index is 1120. The van der Waals surface area contributed by atoms with Crippen LogP contribution in [-0.4, -0.2) is 70.7 Å². The number of rotatable bonds is 8. The van der Waals surface area contributed by atoms with Crippen LogP contribution in [0.4, 0.5) is 4.79 Å². The molecule has 0 radical (unpaired) electrons. The number of benzene rings is 2. The fourth-order valence-corrected chi connectivity index (χ4v) is 4.31. The lowest BCUT2D eigenvalue weighted by Gasteiger charge is -2.36. The molecule has 0 unspecified atom stereocenters. The van der Waals surface area contributed by atoms with Crippen molar-refractivity contribution in [3.63, 3.8) is 0 Å². The Hall–Kier alpha value is -3.65. The van der Waals surface area contributed by atoms with E-state index < -0.39 is 5.97 Å². The van der Waals surface area contributed by atoms with Gasteiger partial charge in [-0.1, -0.05) is 42.5 Å². The molecule has 2 heterocycles. The van der Waals surface area contributed by atoms with Crippen molar-refractivity contribution in [3.05, 3.63) is 72.7 Å². The Labute approximate surface area is 206 Å². The summed E-state index contributed by atoms with van der Waals surface area (Å²) in [5, 5.41) is 0. The summed E-state index contributed by atoms with van der Waals surface area (Å²) in [4.78, 5) is 33.3. The number of amides is 1. The zero-order valence-corrected chi connectivity index (χ0v) is 20.3. The molecule has 1 saturated heterocycles. The van der Waals surface area contributed by atoms with E-state index in [9.17, 15) is 9.59 Å². The van der Waals surface area contributed by atoms with Gasteiger partial charge in [-0.3, -0.25) is 9.47 Å². The van der Waals surface area contributed by atoms with E-state index >= 15 is 0 Å². The molecule has 4 rings (SSSR count). The average molecular weight is 477 g/mol. The maximum absolute atomic E-state index is 13.1. The van der Waals surface area contributed by atoms with Crippen molar-refractivity contribution in [2.24, 2.45) is 0 Å². The van der Waals surface area contributed by atoms with Gasteiger partial charge >= 0.3 is 12.0 Å². The Kier molecular flexibility index (Phi) is 8.15. The number of piperidine rings is 1. The number of esters is 1. The Morgan fingerprint density at radius 1 is 1.09 bits per heavy atom. The maximum Gasteiger partial charge on any atom is 0.344 e. The van der Waals surface area contributed by atoms with Gasteiger partial charge in [-0.05, 0) is 37.5 Å². The van der Waals surface area contributed by atoms with Crippen LogP contribution in [0, 0.1) is 0 Å². The normalized spacial score (nSPS) is 14.5. The highest BCUT2D eigenvalue weighted by molar-refractivity contribution is 5.78. The van der Waals surface area contributed by atoms with Gasteiger partial charge in [-0.2, -0.15) is 0 Å². The van der Waals surface area contributed by atoms with E-state index in [-0.39, 0.29) is 18.7 Å². The van der Waals surface area contributed by atoms with Crippen molar-refractivity contribution >= 4 is 12.0 Å². The van der Waals surface area contributed by atoms with Crippen LogP contribution in [0.25, 0.3) is 11.3 Å². The van der Waals surface area contributed by atoms with E-state index in [1.54, 1.807) is 31.6 Å². The second-order valence-electron chi connectivity index (χ2n) is 8.67. The molecule has 0 bridgehead atoms. The van der Waals surface area contributed by atoms with Crippen LogP contribution in [0.15, 0.2) is 67.1 Å². The first kappa shape index (κ1) is 24.5. The smallest absolute Gasteiger partial charge is 0.344 e. The monoisotopic (exact) mass is 476 g/mol. The van der Waals surface area contributed by atoms with Crippen molar-refractivity contribution in [2.75, 3.05) is 33.4 Å². The predicted octanol–water partition coefficient (Wildman–Crippen LogP) is 4.06. The standard InChI is InChI=1S/C27H32N4O4/c1-3-34-26(32)19-35-24-11-7-10-22(16-24)25-18-31(20-28-25)27(33)29(2)23-12-14-30(15-13-23)17-21-8-5-4-6-9-21/h4-11,16,18,20,23H,3,12-15,17,19H2,1-2H3. The summed E-state index contributed by atoms with van der Waals surface area (Å²) < 4.78 is 11.9. The number of hydrogen-bond donors (Lipinski definition) is 0. The molecule has 1 aromatic heterocycles. The molecule has 0 aliphatic carbocycles. The number of carbonyl (C=O) groups excluding carboxylic acids is 2. The molecule has 1 amide bonds. The van der Waals surface area contributed by atoms with Crippen molar-refractivity contribution in [1.82, 2.24) is 19.4 Å². The highest BCUT2D eigenvalue weighted by atomic mass is 16.6. The van der Waals surface area contributed by atoms with Crippen LogP contribution in [0.2, 0.25) is 0 Å². The Balaban J connectivity index is 1.32. The molecule has 2 aromatic carbocycles. The molecule has 0 spiro atoms. The summed E-state index contributed by atoms with van der Waals surface area (Å²) in [6.07, 6.45) is 5.16. The molecule has 1 aliphatic rings. The quantitative estimate of drug-likeness (QED) is 0.457. The first-order valence-electron chi connectivity index (χ1n) is 12.0. The molecule has 8 nitrogen and oxygen atoms in total. The number of aromatic nitrogens is 2. The van der Waals surface area contributed by atoms with Gasteiger partial charge in [0.1, 0.15) is 12.1 Å². The summed E-state index contributed by atoms with van der Waals surface area (Å²) >= 11 is 0. The third kappa shape index (κ3) is 6.48. The number of imidazole rings is 1. The van der Waals surface area contributed by atoms with E-state index in [4.69, 9.17) is 9.47 Å². The molecule has 8 heteroatoms. The molecular weight excluding hydrogens is 444 g/mol. The lowest BCUT2D eigenvalue weighted by atomic mass is 10.0. The fourth-order valence-electron chi connectivity index (χ4n) is 4.31. The van der Waals surface area contributed by atoms with Gasteiger partial charge in [-0.25, -0.2) is 14.6 Å². The van der Waals surface area contributed by atoms with Crippen molar-refractivity contribution < 1.29 is 19.1 Å². The van der Waals surface area contributed by atoms with Gasteiger partial charge in [0.25, 0.3) is 0 Å². The first-order chi connectivity index (χ1) is 17.0. The summed E-state index contributed by atoms with van der Waals surface area (Å²) in [5.74, 6) is 0.123. The highest BCUT2D eigenvalue weighted by Crippen LogP contribution is 2.23. The van der Waals surface area contributed by atoms with Crippen molar-refractivity contribution in [1.29, 1.82) is 0 Å².